The van der Waals surface area contributed by atoms with Crippen molar-refractivity contribution in [1.82, 2.24) is 0 Å². The van der Waals surface area contributed by atoms with Crippen molar-refractivity contribution in [3.8, 4) is 5.75 Å². The molecule has 1 rings (SSSR count). The summed E-state index contributed by atoms with van der Waals surface area (Å²) >= 11 is -5.27. The Morgan fingerprint density at radius 3 is 2.65 bits per heavy atom. The van der Waals surface area contributed by atoms with E-state index in [1.165, 1.54) is 6.92 Å². The van der Waals surface area contributed by atoms with Gasteiger partial charge >= 0.3 is 136 Å². The molecule has 0 aliphatic carbocycles. The monoisotopic (exact) mass is 388 g/mol. The molecule has 2 unspecified atom stereocenters. The van der Waals surface area contributed by atoms with Crippen molar-refractivity contribution in [3.05, 3.63) is 18.2 Å². The summed E-state index contributed by atoms with van der Waals surface area (Å²) in [5.41, 5.74) is 5.54. The third-order valence-electron chi connectivity index (χ3n) is 2.98. The Hall–Kier alpha value is -1.76. The molecule has 5 N–H and O–H groups in total. The predicted octanol–water partition coefficient (Wildman–Crippen LogP) is -0.0200. The Morgan fingerprint density at radius 1 is 1.43 bits per heavy atom. The molecule has 1 amide bonds. The van der Waals surface area contributed by atoms with Crippen LogP contribution in [0.4, 0.5) is 5.69 Å². The van der Waals surface area contributed by atoms with E-state index in [9.17, 15) is 22.5 Å². The molecule has 1 aromatic carbocycles. The maximum atomic E-state index is 12.4. The minimum atomic E-state index is -5.27. The van der Waals surface area contributed by atoms with Crippen molar-refractivity contribution in [2.24, 2.45) is 5.73 Å². The quantitative estimate of drug-likeness (QED) is 0.482. The first-order valence-corrected chi connectivity index (χ1v) is 10.4. The van der Waals surface area contributed by atoms with Gasteiger partial charge in [-0.2, -0.15) is 0 Å². The molecule has 23 heavy (non-hydrogen) atoms. The molecular weight excluding hydrogens is 367 g/mol. The van der Waals surface area contributed by atoms with E-state index in [0.717, 1.165) is 24.6 Å². The number of nitrogens with one attached hydrogen (secondary N) is 1. The van der Waals surface area contributed by atoms with Crippen LogP contribution in [0.5, 0.6) is 5.75 Å². The number of unbranched alkanes of at least 4 members (excludes halogenated alkanes) is 1. The molecule has 1 aromatic rings. The number of rotatable bonds is 7. The van der Waals surface area contributed by atoms with Gasteiger partial charge in [0.2, 0.25) is 0 Å². The Bertz CT molecular complexity index is 634. The second kappa shape index (κ2) is 8.19. The van der Waals surface area contributed by atoms with Gasteiger partial charge in [-0.1, -0.05) is 0 Å². The molecule has 0 aromatic heterocycles. The van der Waals surface area contributed by atoms with E-state index in [-0.39, 0.29) is 15.8 Å². The van der Waals surface area contributed by atoms with Crippen LogP contribution in [-0.4, -0.2) is 41.3 Å². The third-order valence-corrected chi connectivity index (χ3v) is 5.97. The van der Waals surface area contributed by atoms with Gasteiger partial charge in [0.05, 0.1) is 0 Å². The number of hydrogen-bond acceptors (Lipinski definition) is 6. The molecule has 128 valence electrons. The van der Waals surface area contributed by atoms with Crippen LogP contribution in [0, 0.1) is 0 Å². The standard InChI is InChI=1S/C14H21AsN2O6/c1-3-4-5-12(16)14(20)23-15(21,22)11-7-6-10(19)8-13(11)17-9(2)18/h6-8,12,19H,3-5,16H2,1-2H3,(H,17,18)(H,21,22). The van der Waals surface area contributed by atoms with Crippen LogP contribution in [-0.2, 0) is 17.1 Å². The molecule has 0 bridgehead atoms. The number of nitrogens with two attached hydrogens (primary N) is 1. The van der Waals surface area contributed by atoms with Gasteiger partial charge < -0.3 is 0 Å². The first-order chi connectivity index (χ1) is 10.7. The van der Waals surface area contributed by atoms with Crippen LogP contribution in [0.3, 0.4) is 0 Å². The average molecular weight is 388 g/mol. The number of benzene rings is 1. The van der Waals surface area contributed by atoms with Crippen molar-refractivity contribution < 1.29 is 26.3 Å². The second-order valence-corrected chi connectivity index (χ2v) is 8.64. The number of phenols is 1. The Balaban J connectivity index is 3.01. The summed E-state index contributed by atoms with van der Waals surface area (Å²) in [6, 6.07) is 2.41. The zero-order valence-electron chi connectivity index (χ0n) is 13.0. The summed E-state index contributed by atoms with van der Waals surface area (Å²) in [7, 11) is 0. The van der Waals surface area contributed by atoms with Crippen LogP contribution < -0.4 is 15.4 Å². The van der Waals surface area contributed by atoms with Gasteiger partial charge in [-0.05, 0) is 0 Å². The number of phenolic OH excluding ortho intramolecular Hbond substituents is 1. The minimum absolute atomic E-state index is 0.0857. The zero-order valence-corrected chi connectivity index (χ0v) is 14.9. The summed E-state index contributed by atoms with van der Waals surface area (Å²) in [6.07, 6.45) is 1.86. The van der Waals surface area contributed by atoms with Gasteiger partial charge in [0, 0.05) is 0 Å². The third kappa shape index (κ3) is 5.74. The van der Waals surface area contributed by atoms with Crippen LogP contribution in [0.2, 0.25) is 0 Å². The molecule has 0 saturated carbocycles. The van der Waals surface area contributed by atoms with Gasteiger partial charge in [-0.3, -0.25) is 0 Å². The van der Waals surface area contributed by atoms with Crippen molar-refractivity contribution in [1.29, 1.82) is 0 Å². The average Bonchev–Trinajstić information content (AvgIpc) is 2.43. The van der Waals surface area contributed by atoms with E-state index >= 15 is 0 Å². The normalized spacial score (nSPS) is 14.6. The SMILES string of the molecule is CCCCC(N)C(=O)O[As](=O)(O)c1ccc(O)cc1NC(C)=O. The van der Waals surface area contributed by atoms with Crippen LogP contribution in [0.25, 0.3) is 0 Å². The number of carbonyl (C=O) groups is 2. The molecule has 0 aliphatic rings. The van der Waals surface area contributed by atoms with Crippen LogP contribution >= 0.6 is 0 Å². The number of amides is 1. The molecule has 0 saturated heterocycles. The maximum absolute atomic E-state index is 12.4. The van der Waals surface area contributed by atoms with E-state index in [1.54, 1.807) is 0 Å². The molecule has 0 radical (unpaired) electrons. The summed E-state index contributed by atoms with van der Waals surface area (Å²) in [5, 5.41) is 11.8. The van der Waals surface area contributed by atoms with Crippen molar-refractivity contribution in [2.45, 2.75) is 39.2 Å². The summed E-state index contributed by atoms with van der Waals surface area (Å²) in [4.78, 5) is 23.0. The van der Waals surface area contributed by atoms with Gasteiger partial charge in [0.25, 0.3) is 0 Å². The fourth-order valence-electron chi connectivity index (χ4n) is 1.84. The van der Waals surface area contributed by atoms with E-state index in [1.807, 2.05) is 6.92 Å². The molecule has 0 heterocycles. The Kier molecular flexibility index (Phi) is 6.87. The summed E-state index contributed by atoms with van der Waals surface area (Å²) in [6.45, 7) is 3.13. The van der Waals surface area contributed by atoms with Crippen molar-refractivity contribution in [2.75, 3.05) is 5.32 Å². The molecule has 0 spiro atoms. The number of anilines is 1. The summed E-state index contributed by atoms with van der Waals surface area (Å²) < 4.78 is 27.0. The predicted molar refractivity (Wildman–Crippen MR) is 84.3 cm³/mol. The van der Waals surface area contributed by atoms with Crippen LogP contribution in [0.1, 0.15) is 33.1 Å². The fraction of sp³-hybridized carbons (Fsp3) is 0.429. The van der Waals surface area contributed by atoms with E-state index < -0.39 is 32.1 Å². The molecule has 0 fully saturated rings. The van der Waals surface area contributed by atoms with E-state index in [2.05, 4.69) is 5.32 Å². The molecular formula is C14H21AsN2O6. The zero-order chi connectivity index (χ0) is 17.6. The molecule has 0 aliphatic heterocycles. The summed E-state index contributed by atoms with van der Waals surface area (Å²) in [5.74, 6) is -1.68. The van der Waals surface area contributed by atoms with Crippen molar-refractivity contribution in [3.63, 3.8) is 0 Å². The van der Waals surface area contributed by atoms with E-state index in [4.69, 9.17) is 9.46 Å². The molecule has 8 nitrogen and oxygen atoms in total. The molecule has 9 heteroatoms. The number of hydrogen-bond donors (Lipinski definition) is 4. The first-order valence-electron chi connectivity index (χ1n) is 7.10. The van der Waals surface area contributed by atoms with Gasteiger partial charge in [0.15, 0.2) is 0 Å². The van der Waals surface area contributed by atoms with Gasteiger partial charge in [-0.25, -0.2) is 0 Å². The van der Waals surface area contributed by atoms with Gasteiger partial charge in [0.1, 0.15) is 0 Å². The van der Waals surface area contributed by atoms with E-state index in [0.29, 0.717) is 12.8 Å². The number of carbonyl (C=O) groups excluding carboxylic acids is 2. The molecule has 2 atom stereocenters. The van der Waals surface area contributed by atoms with Gasteiger partial charge in [-0.15, -0.1) is 0 Å². The van der Waals surface area contributed by atoms with Crippen LogP contribution in [0.15, 0.2) is 18.2 Å². The Morgan fingerprint density at radius 2 is 2.09 bits per heavy atom. The Labute approximate surface area is 137 Å². The topological polar surface area (TPSA) is 139 Å². The second-order valence-electron chi connectivity index (χ2n) is 5.06. The first kappa shape index (κ1) is 19.3. The number of aromatic hydroxyl groups is 1. The fourth-order valence-corrected chi connectivity index (χ4v) is 4.29. The van der Waals surface area contributed by atoms with Crippen molar-refractivity contribution >= 4 is 36.1 Å².